The van der Waals surface area contributed by atoms with Crippen molar-refractivity contribution in [1.29, 1.82) is 0 Å². The Labute approximate surface area is 124 Å². The molecule has 0 fully saturated rings. The van der Waals surface area contributed by atoms with Gasteiger partial charge in [0, 0.05) is 12.8 Å². The van der Waals surface area contributed by atoms with E-state index < -0.39 is 5.97 Å². The number of hydrogen-bond donors (Lipinski definition) is 3. The average Bonchev–Trinajstić information content (AvgIpc) is 2.38. The van der Waals surface area contributed by atoms with Gasteiger partial charge in [-0.1, -0.05) is 64.2 Å². The van der Waals surface area contributed by atoms with Crippen LogP contribution in [0, 0.1) is 12.3 Å². The summed E-state index contributed by atoms with van der Waals surface area (Å²) in [6.07, 6.45) is 20.4. The van der Waals surface area contributed by atoms with Crippen LogP contribution in [0.25, 0.3) is 0 Å². The Morgan fingerprint density at radius 1 is 0.600 bits per heavy atom. The molecule has 3 N–H and O–H groups in total. The minimum Gasteiger partial charge on any atom is -0.344 e. The zero-order chi connectivity index (χ0) is 15.1. The normalized spacial score (nSPS) is 11.5. The molecule has 20 heavy (non-hydrogen) atoms. The number of terminal acetylenes is 1. The van der Waals surface area contributed by atoms with E-state index in [4.69, 9.17) is 21.7 Å². The van der Waals surface area contributed by atoms with E-state index in [1.165, 1.54) is 57.8 Å². The number of unbranched alkanes of at least 4 members (excludes halogenated alkanes) is 12. The van der Waals surface area contributed by atoms with E-state index in [9.17, 15) is 0 Å². The second-order valence-electron chi connectivity index (χ2n) is 5.72. The van der Waals surface area contributed by atoms with Crippen LogP contribution >= 0.6 is 0 Å². The Morgan fingerprint density at radius 3 is 1.30 bits per heavy atom. The van der Waals surface area contributed by atoms with E-state index in [2.05, 4.69) is 5.92 Å². The van der Waals surface area contributed by atoms with Crippen molar-refractivity contribution < 1.29 is 15.3 Å². The molecule has 0 aliphatic carbocycles. The highest BCUT2D eigenvalue weighted by Gasteiger charge is 2.16. The van der Waals surface area contributed by atoms with Crippen LogP contribution in [0.2, 0.25) is 0 Å². The topological polar surface area (TPSA) is 60.7 Å². The van der Waals surface area contributed by atoms with Crippen molar-refractivity contribution in [2.24, 2.45) is 0 Å². The van der Waals surface area contributed by atoms with Gasteiger partial charge in [0.05, 0.1) is 0 Å². The van der Waals surface area contributed by atoms with Crippen molar-refractivity contribution in [1.82, 2.24) is 0 Å². The van der Waals surface area contributed by atoms with E-state index in [-0.39, 0.29) is 6.42 Å². The van der Waals surface area contributed by atoms with Crippen molar-refractivity contribution in [2.45, 2.75) is 95.9 Å². The Morgan fingerprint density at radius 2 is 0.950 bits per heavy atom. The van der Waals surface area contributed by atoms with Gasteiger partial charge in [0.2, 0.25) is 0 Å². The first-order valence-electron chi connectivity index (χ1n) is 8.17. The molecule has 118 valence electrons. The van der Waals surface area contributed by atoms with Crippen molar-refractivity contribution in [3.8, 4) is 12.3 Å². The zero-order valence-corrected chi connectivity index (χ0v) is 12.8. The van der Waals surface area contributed by atoms with Crippen LogP contribution in [-0.4, -0.2) is 21.3 Å². The van der Waals surface area contributed by atoms with Crippen LogP contribution < -0.4 is 0 Å². The average molecular weight is 284 g/mol. The van der Waals surface area contributed by atoms with Crippen LogP contribution in [0.3, 0.4) is 0 Å². The first kappa shape index (κ1) is 19.4. The molecular formula is C17H32O3. The molecule has 0 heterocycles. The molecule has 0 rings (SSSR count). The van der Waals surface area contributed by atoms with Gasteiger partial charge in [0.25, 0.3) is 5.97 Å². The Bertz CT molecular complexity index is 238. The molecular weight excluding hydrogens is 252 g/mol. The van der Waals surface area contributed by atoms with Crippen molar-refractivity contribution in [3.05, 3.63) is 0 Å². The third kappa shape index (κ3) is 17.4. The lowest BCUT2D eigenvalue weighted by Gasteiger charge is -2.12. The fourth-order valence-electron chi connectivity index (χ4n) is 2.36. The highest BCUT2D eigenvalue weighted by Crippen LogP contribution is 2.14. The molecule has 0 radical (unpaired) electrons. The summed E-state index contributed by atoms with van der Waals surface area (Å²) in [4.78, 5) is 0. The maximum Gasteiger partial charge on any atom is 0.275 e. The highest BCUT2D eigenvalue weighted by atomic mass is 16.7. The van der Waals surface area contributed by atoms with Gasteiger partial charge in [0.15, 0.2) is 0 Å². The van der Waals surface area contributed by atoms with Gasteiger partial charge < -0.3 is 15.3 Å². The van der Waals surface area contributed by atoms with Crippen LogP contribution in [-0.2, 0) is 0 Å². The first-order chi connectivity index (χ1) is 9.56. The fourth-order valence-corrected chi connectivity index (χ4v) is 2.36. The smallest absolute Gasteiger partial charge is 0.275 e. The SMILES string of the molecule is C#CCCCCCCCCCCCCCCC(O)(O)O. The molecule has 0 bridgehead atoms. The number of hydrogen-bond acceptors (Lipinski definition) is 3. The van der Waals surface area contributed by atoms with Gasteiger partial charge >= 0.3 is 0 Å². The van der Waals surface area contributed by atoms with Gasteiger partial charge in [-0.2, -0.15) is 0 Å². The number of rotatable bonds is 14. The molecule has 3 heteroatoms. The summed E-state index contributed by atoms with van der Waals surface area (Å²) in [6, 6.07) is 0. The van der Waals surface area contributed by atoms with Gasteiger partial charge in [-0.3, -0.25) is 0 Å². The van der Waals surface area contributed by atoms with Gasteiger partial charge in [-0.15, -0.1) is 12.3 Å². The third-order valence-corrected chi connectivity index (χ3v) is 3.58. The Balaban J connectivity index is 3.01. The van der Waals surface area contributed by atoms with Gasteiger partial charge in [0.1, 0.15) is 0 Å². The minimum atomic E-state index is -2.47. The predicted octanol–water partition coefficient (Wildman–Crippen LogP) is 3.71. The molecule has 0 aliphatic heterocycles. The maximum absolute atomic E-state index is 8.71. The molecule has 0 unspecified atom stereocenters. The van der Waals surface area contributed by atoms with Crippen molar-refractivity contribution >= 4 is 0 Å². The summed E-state index contributed by atoms with van der Waals surface area (Å²) in [6.45, 7) is 0. The molecule has 3 nitrogen and oxygen atoms in total. The van der Waals surface area contributed by atoms with E-state index >= 15 is 0 Å². The molecule has 0 saturated heterocycles. The van der Waals surface area contributed by atoms with Gasteiger partial charge in [-0.25, -0.2) is 0 Å². The van der Waals surface area contributed by atoms with E-state index in [1.54, 1.807) is 0 Å². The molecule has 0 saturated carbocycles. The summed E-state index contributed by atoms with van der Waals surface area (Å²) >= 11 is 0. The minimum absolute atomic E-state index is 0.0483. The van der Waals surface area contributed by atoms with Crippen LogP contribution in [0.15, 0.2) is 0 Å². The molecule has 0 amide bonds. The maximum atomic E-state index is 8.71. The summed E-state index contributed by atoms with van der Waals surface area (Å²) < 4.78 is 0. The Kier molecular flexibility index (Phi) is 13.0. The molecule has 0 atom stereocenters. The quantitative estimate of drug-likeness (QED) is 0.259. The van der Waals surface area contributed by atoms with Crippen LogP contribution in [0.5, 0.6) is 0 Å². The standard InChI is InChI=1S/C17H32O3/c1-2-3-4-5-6-7-8-9-10-11-12-13-14-15-16-17(18,19)20/h1,18-20H,3-16H2. The fraction of sp³-hybridized carbons (Fsp3) is 0.882. The third-order valence-electron chi connectivity index (χ3n) is 3.58. The van der Waals surface area contributed by atoms with E-state index in [1.807, 2.05) is 0 Å². The summed E-state index contributed by atoms with van der Waals surface area (Å²) in [5.74, 6) is 0.202. The second-order valence-corrected chi connectivity index (χ2v) is 5.72. The largest absolute Gasteiger partial charge is 0.344 e. The van der Waals surface area contributed by atoms with Crippen molar-refractivity contribution in [3.63, 3.8) is 0 Å². The van der Waals surface area contributed by atoms with Gasteiger partial charge in [-0.05, 0) is 12.8 Å². The molecule has 0 aromatic rings. The lowest BCUT2D eigenvalue weighted by Crippen LogP contribution is -2.26. The van der Waals surface area contributed by atoms with Crippen LogP contribution in [0.4, 0.5) is 0 Å². The van der Waals surface area contributed by atoms with Crippen LogP contribution in [0.1, 0.15) is 89.9 Å². The second kappa shape index (κ2) is 13.4. The highest BCUT2D eigenvalue weighted by molar-refractivity contribution is 4.82. The summed E-state index contributed by atoms with van der Waals surface area (Å²) in [5.41, 5.74) is 0. The zero-order valence-electron chi connectivity index (χ0n) is 12.8. The molecule has 0 aromatic heterocycles. The van der Waals surface area contributed by atoms with E-state index in [0.29, 0.717) is 6.42 Å². The Hall–Kier alpha value is -0.560. The number of aliphatic hydroxyl groups is 3. The monoisotopic (exact) mass is 284 g/mol. The molecule has 0 spiro atoms. The summed E-state index contributed by atoms with van der Waals surface area (Å²) in [7, 11) is 0. The molecule has 0 aliphatic rings. The van der Waals surface area contributed by atoms with E-state index in [0.717, 1.165) is 19.3 Å². The van der Waals surface area contributed by atoms with Crippen molar-refractivity contribution in [2.75, 3.05) is 0 Å². The molecule has 0 aromatic carbocycles. The summed E-state index contributed by atoms with van der Waals surface area (Å²) in [5, 5.41) is 26.1. The predicted molar refractivity (Wildman–Crippen MR) is 82.9 cm³/mol. The lowest BCUT2D eigenvalue weighted by atomic mass is 10.0. The lowest BCUT2D eigenvalue weighted by molar-refractivity contribution is -0.315. The first-order valence-corrected chi connectivity index (χ1v) is 8.17.